The van der Waals surface area contributed by atoms with E-state index in [0.717, 1.165) is 27.5 Å². The Morgan fingerprint density at radius 2 is 2.07 bits per heavy atom. The summed E-state index contributed by atoms with van der Waals surface area (Å²) in [6.45, 7) is -1.06. The molecule has 1 aromatic carbocycles. The number of halogens is 4. The SMILES string of the molecule is O=C(COC(F)(F)F)NCc1cc2cc(Cl)c(-n3cc4cccnc4c3)cc2[nH]1. The van der Waals surface area contributed by atoms with Crippen LogP contribution in [0, 0.1) is 0 Å². The molecular formula is C19H14ClF3N4O2. The fraction of sp³-hybridized carbons (Fsp3) is 0.158. The third kappa shape index (κ3) is 4.36. The maximum atomic E-state index is 12.0. The smallest absolute Gasteiger partial charge is 0.357 e. The van der Waals surface area contributed by atoms with Crippen LogP contribution >= 0.6 is 11.6 Å². The van der Waals surface area contributed by atoms with E-state index in [1.807, 2.05) is 35.2 Å². The van der Waals surface area contributed by atoms with Crippen molar-refractivity contribution in [2.75, 3.05) is 6.61 Å². The van der Waals surface area contributed by atoms with E-state index in [4.69, 9.17) is 11.6 Å². The monoisotopic (exact) mass is 422 g/mol. The van der Waals surface area contributed by atoms with Gasteiger partial charge < -0.3 is 14.9 Å². The van der Waals surface area contributed by atoms with Crippen molar-refractivity contribution in [2.24, 2.45) is 0 Å². The van der Waals surface area contributed by atoms with Gasteiger partial charge in [0.15, 0.2) is 0 Å². The highest BCUT2D eigenvalue weighted by Gasteiger charge is 2.30. The minimum Gasteiger partial charge on any atom is -0.357 e. The summed E-state index contributed by atoms with van der Waals surface area (Å²) in [6, 6.07) is 9.20. The number of carbonyl (C=O) groups is 1. The molecule has 2 N–H and O–H groups in total. The number of ether oxygens (including phenoxy) is 1. The summed E-state index contributed by atoms with van der Waals surface area (Å²) in [5, 5.41) is 4.67. The number of rotatable bonds is 5. The molecule has 0 aliphatic rings. The zero-order valence-corrected chi connectivity index (χ0v) is 15.5. The van der Waals surface area contributed by atoms with Crippen molar-refractivity contribution in [1.82, 2.24) is 19.9 Å². The molecule has 0 spiro atoms. The second kappa shape index (κ2) is 7.41. The summed E-state index contributed by atoms with van der Waals surface area (Å²) in [6.07, 6.45) is 0.653. The summed E-state index contributed by atoms with van der Waals surface area (Å²) in [5.74, 6) is -0.869. The molecular weight excluding hydrogens is 409 g/mol. The Balaban J connectivity index is 1.53. The molecule has 0 aliphatic heterocycles. The predicted octanol–water partition coefficient (Wildman–Crippen LogP) is 4.31. The lowest BCUT2D eigenvalue weighted by Gasteiger charge is -2.07. The number of carbonyl (C=O) groups excluding carboxylic acids is 1. The Morgan fingerprint density at radius 3 is 2.83 bits per heavy atom. The Kier molecular flexibility index (Phi) is 4.93. The number of H-pyrrole nitrogens is 1. The largest absolute Gasteiger partial charge is 0.523 e. The molecule has 0 unspecified atom stereocenters. The van der Waals surface area contributed by atoms with Gasteiger partial charge in [0.2, 0.25) is 5.91 Å². The third-order valence-corrected chi connectivity index (χ3v) is 4.58. The average Bonchev–Trinajstić information content (AvgIpc) is 3.26. The molecule has 29 heavy (non-hydrogen) atoms. The number of aromatic nitrogens is 3. The van der Waals surface area contributed by atoms with Gasteiger partial charge in [0, 0.05) is 40.6 Å². The molecule has 3 aromatic heterocycles. The first kappa shape index (κ1) is 19.3. The van der Waals surface area contributed by atoms with Crippen molar-refractivity contribution >= 4 is 39.3 Å². The molecule has 0 atom stereocenters. The van der Waals surface area contributed by atoms with E-state index in [2.05, 4.69) is 20.0 Å². The second-order valence-electron chi connectivity index (χ2n) is 6.34. The van der Waals surface area contributed by atoms with Gasteiger partial charge in [-0.25, -0.2) is 0 Å². The predicted molar refractivity (Wildman–Crippen MR) is 102 cm³/mol. The minimum atomic E-state index is -4.84. The van der Waals surface area contributed by atoms with Crippen LogP contribution in [-0.4, -0.2) is 33.4 Å². The first-order valence-corrected chi connectivity index (χ1v) is 8.88. The maximum Gasteiger partial charge on any atom is 0.523 e. The first-order valence-electron chi connectivity index (χ1n) is 8.50. The Labute approximate surface area is 167 Å². The highest BCUT2D eigenvalue weighted by Crippen LogP contribution is 2.29. The van der Waals surface area contributed by atoms with Crippen LogP contribution in [0.2, 0.25) is 5.02 Å². The van der Waals surface area contributed by atoms with Gasteiger partial charge in [-0.1, -0.05) is 11.6 Å². The Morgan fingerprint density at radius 1 is 1.24 bits per heavy atom. The van der Waals surface area contributed by atoms with Gasteiger partial charge in [0.05, 0.1) is 22.8 Å². The Bertz CT molecular complexity index is 1170. The normalized spacial score (nSPS) is 12.0. The van der Waals surface area contributed by atoms with Crippen molar-refractivity contribution in [3.63, 3.8) is 0 Å². The summed E-state index contributed by atoms with van der Waals surface area (Å²) >= 11 is 6.44. The van der Waals surface area contributed by atoms with Crippen molar-refractivity contribution < 1.29 is 22.7 Å². The minimum absolute atomic E-state index is 0.0268. The third-order valence-electron chi connectivity index (χ3n) is 4.28. The van der Waals surface area contributed by atoms with Crippen LogP contribution in [0.5, 0.6) is 0 Å². The summed E-state index contributed by atoms with van der Waals surface area (Å²) < 4.78 is 41.3. The van der Waals surface area contributed by atoms with E-state index in [-0.39, 0.29) is 6.54 Å². The fourth-order valence-electron chi connectivity index (χ4n) is 2.99. The van der Waals surface area contributed by atoms with Crippen LogP contribution in [-0.2, 0) is 16.1 Å². The standard InChI is InChI=1S/C19H14ClF3N4O2/c20-14-5-12-4-13(7-25-18(28)10-29-19(21,22)23)26-15(12)6-17(14)27-8-11-2-1-3-24-16(11)9-27/h1-6,8-9,26H,7,10H2,(H,25,28). The van der Waals surface area contributed by atoms with E-state index in [1.54, 1.807) is 18.3 Å². The lowest BCUT2D eigenvalue weighted by atomic mass is 10.2. The molecule has 0 saturated carbocycles. The number of pyridine rings is 1. The zero-order valence-electron chi connectivity index (χ0n) is 14.8. The molecule has 3 heterocycles. The van der Waals surface area contributed by atoms with Crippen LogP contribution < -0.4 is 5.32 Å². The van der Waals surface area contributed by atoms with E-state index >= 15 is 0 Å². The van der Waals surface area contributed by atoms with E-state index in [1.165, 1.54) is 0 Å². The van der Waals surface area contributed by atoms with Crippen molar-refractivity contribution in [3.8, 4) is 5.69 Å². The number of fused-ring (bicyclic) bond motifs is 2. The summed E-state index contributed by atoms with van der Waals surface area (Å²) in [4.78, 5) is 18.9. The van der Waals surface area contributed by atoms with Crippen molar-refractivity contribution in [2.45, 2.75) is 12.9 Å². The van der Waals surface area contributed by atoms with Gasteiger partial charge in [-0.3, -0.25) is 14.5 Å². The number of amides is 1. The molecule has 4 aromatic rings. The Hall–Kier alpha value is -3.04. The van der Waals surface area contributed by atoms with Gasteiger partial charge in [-0.05, 0) is 30.3 Å². The maximum absolute atomic E-state index is 12.0. The lowest BCUT2D eigenvalue weighted by molar-refractivity contribution is -0.321. The van der Waals surface area contributed by atoms with Crippen LogP contribution in [0.1, 0.15) is 5.69 Å². The highest BCUT2D eigenvalue weighted by molar-refractivity contribution is 6.33. The van der Waals surface area contributed by atoms with E-state index < -0.39 is 18.9 Å². The van der Waals surface area contributed by atoms with E-state index in [0.29, 0.717) is 10.7 Å². The molecule has 0 radical (unpaired) electrons. The number of hydrogen-bond donors (Lipinski definition) is 2. The number of hydrogen-bond acceptors (Lipinski definition) is 3. The van der Waals surface area contributed by atoms with Crippen molar-refractivity contribution in [3.05, 3.63) is 59.6 Å². The summed E-state index contributed by atoms with van der Waals surface area (Å²) in [5.41, 5.74) is 2.96. The zero-order chi connectivity index (χ0) is 20.6. The molecule has 0 saturated heterocycles. The molecule has 0 fully saturated rings. The van der Waals surface area contributed by atoms with Crippen LogP contribution in [0.3, 0.4) is 0 Å². The summed E-state index contributed by atoms with van der Waals surface area (Å²) in [7, 11) is 0. The number of nitrogens with one attached hydrogen (secondary N) is 2. The van der Waals surface area contributed by atoms with Gasteiger partial charge in [-0.15, -0.1) is 13.2 Å². The van der Waals surface area contributed by atoms with Crippen LogP contribution in [0.15, 0.2) is 48.9 Å². The quantitative estimate of drug-likeness (QED) is 0.503. The topological polar surface area (TPSA) is 71.9 Å². The highest BCUT2D eigenvalue weighted by atomic mass is 35.5. The van der Waals surface area contributed by atoms with Gasteiger partial charge >= 0.3 is 6.36 Å². The lowest BCUT2D eigenvalue weighted by Crippen LogP contribution is -2.30. The second-order valence-corrected chi connectivity index (χ2v) is 6.75. The molecule has 6 nitrogen and oxygen atoms in total. The molecule has 1 amide bonds. The number of alkyl halides is 3. The number of nitrogens with zero attached hydrogens (tertiary/aromatic N) is 2. The first-order chi connectivity index (χ1) is 13.8. The molecule has 10 heteroatoms. The number of benzene rings is 1. The van der Waals surface area contributed by atoms with Crippen LogP contribution in [0.25, 0.3) is 27.5 Å². The molecule has 4 rings (SSSR count). The van der Waals surface area contributed by atoms with Gasteiger partial charge in [0.1, 0.15) is 6.61 Å². The molecule has 0 aliphatic carbocycles. The van der Waals surface area contributed by atoms with Gasteiger partial charge in [0.25, 0.3) is 0 Å². The number of aromatic amines is 1. The fourth-order valence-corrected chi connectivity index (χ4v) is 3.26. The van der Waals surface area contributed by atoms with Gasteiger partial charge in [-0.2, -0.15) is 0 Å². The van der Waals surface area contributed by atoms with Crippen LogP contribution in [0.4, 0.5) is 13.2 Å². The van der Waals surface area contributed by atoms with E-state index in [9.17, 15) is 18.0 Å². The van der Waals surface area contributed by atoms with Crippen molar-refractivity contribution in [1.29, 1.82) is 0 Å². The molecule has 0 bridgehead atoms. The average molecular weight is 423 g/mol. The molecule has 150 valence electrons.